The summed E-state index contributed by atoms with van der Waals surface area (Å²) in [6.07, 6.45) is 2.63. The predicted octanol–water partition coefficient (Wildman–Crippen LogP) is 0.572. The van der Waals surface area contributed by atoms with Crippen LogP contribution in [0.2, 0.25) is 0 Å². The molecule has 8 heteroatoms. The molecule has 2 fully saturated rings. The molecule has 2 aliphatic rings. The first kappa shape index (κ1) is 14.9. The van der Waals surface area contributed by atoms with Crippen LogP contribution in [0.25, 0.3) is 11.0 Å². The molecule has 1 saturated heterocycles. The molecule has 2 heterocycles. The average Bonchev–Trinajstić information content (AvgIpc) is 3.25. The third-order valence-corrected chi connectivity index (χ3v) is 6.56. The lowest BCUT2D eigenvalue weighted by atomic mass is 10.3. The number of imidazole rings is 1. The maximum atomic E-state index is 12.8. The van der Waals surface area contributed by atoms with Crippen LogP contribution in [-0.2, 0) is 10.0 Å². The van der Waals surface area contributed by atoms with Crippen molar-refractivity contribution in [2.75, 3.05) is 32.7 Å². The number of nitrogens with zero attached hydrogens (tertiary/aromatic N) is 2. The van der Waals surface area contributed by atoms with Crippen molar-refractivity contribution in [3.05, 3.63) is 28.7 Å². The van der Waals surface area contributed by atoms with E-state index in [1.165, 1.54) is 18.9 Å². The zero-order chi connectivity index (χ0) is 16.0. The van der Waals surface area contributed by atoms with Gasteiger partial charge in [0.15, 0.2) is 0 Å². The molecule has 7 nitrogen and oxygen atoms in total. The van der Waals surface area contributed by atoms with Crippen molar-refractivity contribution in [3.63, 3.8) is 0 Å². The lowest BCUT2D eigenvalue weighted by Crippen LogP contribution is -2.49. The predicted molar refractivity (Wildman–Crippen MR) is 86.8 cm³/mol. The van der Waals surface area contributed by atoms with Gasteiger partial charge in [0.2, 0.25) is 10.0 Å². The lowest BCUT2D eigenvalue weighted by molar-refractivity contribution is 0.182. The van der Waals surface area contributed by atoms with E-state index in [0.717, 1.165) is 25.6 Å². The summed E-state index contributed by atoms with van der Waals surface area (Å²) in [5.74, 6) is 0.825. The van der Waals surface area contributed by atoms with Crippen LogP contribution in [0, 0.1) is 5.92 Å². The van der Waals surface area contributed by atoms with E-state index >= 15 is 0 Å². The van der Waals surface area contributed by atoms with Gasteiger partial charge in [0.05, 0.1) is 15.9 Å². The summed E-state index contributed by atoms with van der Waals surface area (Å²) in [6, 6.07) is 4.71. The summed E-state index contributed by atoms with van der Waals surface area (Å²) in [6.45, 7) is 3.73. The Hall–Kier alpha value is -1.64. The van der Waals surface area contributed by atoms with E-state index in [-0.39, 0.29) is 10.6 Å². The van der Waals surface area contributed by atoms with Gasteiger partial charge >= 0.3 is 5.69 Å². The third-order valence-electron chi connectivity index (χ3n) is 4.67. The molecule has 0 bridgehead atoms. The quantitative estimate of drug-likeness (QED) is 0.854. The first-order valence-corrected chi connectivity index (χ1v) is 9.41. The number of H-pyrrole nitrogens is 2. The minimum absolute atomic E-state index is 0.232. The van der Waals surface area contributed by atoms with E-state index in [1.807, 2.05) is 0 Å². The Bertz CT molecular complexity index is 874. The molecule has 0 amide bonds. The van der Waals surface area contributed by atoms with Gasteiger partial charge in [-0.15, -0.1) is 0 Å². The maximum Gasteiger partial charge on any atom is 0.323 e. The molecule has 23 heavy (non-hydrogen) atoms. The van der Waals surface area contributed by atoms with Gasteiger partial charge in [-0.1, -0.05) is 0 Å². The Morgan fingerprint density at radius 1 is 1.04 bits per heavy atom. The molecular weight excluding hydrogens is 316 g/mol. The van der Waals surface area contributed by atoms with Gasteiger partial charge in [0, 0.05) is 32.7 Å². The van der Waals surface area contributed by atoms with Crippen LogP contribution in [0.1, 0.15) is 12.8 Å². The van der Waals surface area contributed by atoms with Crippen molar-refractivity contribution in [2.24, 2.45) is 5.92 Å². The highest BCUT2D eigenvalue weighted by molar-refractivity contribution is 7.89. The number of sulfonamides is 1. The molecule has 2 aromatic rings. The summed E-state index contributed by atoms with van der Waals surface area (Å²) < 4.78 is 27.1. The zero-order valence-corrected chi connectivity index (χ0v) is 13.6. The van der Waals surface area contributed by atoms with Gasteiger partial charge in [-0.3, -0.25) is 0 Å². The topological polar surface area (TPSA) is 89.3 Å². The van der Waals surface area contributed by atoms with Crippen molar-refractivity contribution < 1.29 is 8.42 Å². The highest BCUT2D eigenvalue weighted by atomic mass is 32.2. The minimum atomic E-state index is -3.51. The van der Waals surface area contributed by atoms with Crippen molar-refractivity contribution >= 4 is 21.1 Å². The van der Waals surface area contributed by atoms with Crippen LogP contribution in [0.5, 0.6) is 0 Å². The fraction of sp³-hybridized carbons (Fsp3) is 0.533. The number of benzene rings is 1. The van der Waals surface area contributed by atoms with Crippen molar-refractivity contribution in [2.45, 2.75) is 17.7 Å². The molecule has 1 aromatic carbocycles. The molecule has 0 radical (unpaired) electrons. The van der Waals surface area contributed by atoms with Crippen LogP contribution >= 0.6 is 0 Å². The van der Waals surface area contributed by atoms with Crippen LogP contribution < -0.4 is 5.69 Å². The SMILES string of the molecule is O=c1[nH]c2ccc(S(=O)(=O)N3CCN(CC4CC4)CC3)cc2[nH]1. The Morgan fingerprint density at radius 2 is 1.74 bits per heavy atom. The first-order chi connectivity index (χ1) is 11.0. The van der Waals surface area contributed by atoms with Gasteiger partial charge in [-0.05, 0) is 37.0 Å². The number of piperazine rings is 1. The summed E-state index contributed by atoms with van der Waals surface area (Å²) in [4.78, 5) is 19.1. The van der Waals surface area contributed by atoms with Crippen LogP contribution in [0.15, 0.2) is 27.9 Å². The van der Waals surface area contributed by atoms with E-state index in [0.29, 0.717) is 24.1 Å². The summed E-state index contributed by atoms with van der Waals surface area (Å²) >= 11 is 0. The van der Waals surface area contributed by atoms with Gasteiger partial charge in [-0.2, -0.15) is 4.31 Å². The smallest absolute Gasteiger partial charge is 0.306 e. The molecule has 2 N–H and O–H groups in total. The lowest BCUT2D eigenvalue weighted by Gasteiger charge is -2.34. The normalized spacial score (nSPS) is 21.0. The van der Waals surface area contributed by atoms with Crippen LogP contribution in [0.3, 0.4) is 0 Å². The highest BCUT2D eigenvalue weighted by Crippen LogP contribution is 2.30. The molecule has 124 valence electrons. The number of hydrogen-bond acceptors (Lipinski definition) is 4. The molecule has 0 spiro atoms. The Balaban J connectivity index is 1.53. The third kappa shape index (κ3) is 2.93. The monoisotopic (exact) mass is 336 g/mol. The average molecular weight is 336 g/mol. The number of aromatic amines is 2. The van der Waals surface area contributed by atoms with Gasteiger partial charge in [0.25, 0.3) is 0 Å². The van der Waals surface area contributed by atoms with Crippen molar-refractivity contribution in [1.82, 2.24) is 19.2 Å². The molecule has 0 unspecified atom stereocenters. The van der Waals surface area contributed by atoms with E-state index < -0.39 is 10.0 Å². The van der Waals surface area contributed by atoms with Crippen LogP contribution in [-0.4, -0.2) is 60.3 Å². The summed E-state index contributed by atoms with van der Waals surface area (Å²) in [5, 5.41) is 0. The highest BCUT2D eigenvalue weighted by Gasteiger charge is 2.31. The summed E-state index contributed by atoms with van der Waals surface area (Å²) in [7, 11) is -3.51. The second-order valence-corrected chi connectivity index (χ2v) is 8.37. The molecule has 1 aliphatic heterocycles. The summed E-state index contributed by atoms with van der Waals surface area (Å²) in [5.41, 5.74) is 0.801. The van der Waals surface area contributed by atoms with Crippen molar-refractivity contribution in [1.29, 1.82) is 0 Å². The zero-order valence-electron chi connectivity index (χ0n) is 12.8. The first-order valence-electron chi connectivity index (χ1n) is 7.97. The molecular formula is C15H20N4O3S. The van der Waals surface area contributed by atoms with Gasteiger partial charge in [0.1, 0.15) is 0 Å². The standard InChI is InChI=1S/C15H20N4O3S/c20-15-16-13-4-3-12(9-14(13)17-15)23(21,22)19-7-5-18(6-8-19)10-11-1-2-11/h3-4,9,11H,1-2,5-8,10H2,(H2,16,17,20). The van der Waals surface area contributed by atoms with Gasteiger partial charge < -0.3 is 14.9 Å². The molecule has 1 aromatic heterocycles. The Labute approximate surface area is 134 Å². The molecule has 1 aliphatic carbocycles. The second-order valence-electron chi connectivity index (χ2n) is 6.43. The number of hydrogen-bond donors (Lipinski definition) is 2. The number of rotatable bonds is 4. The number of fused-ring (bicyclic) bond motifs is 1. The maximum absolute atomic E-state index is 12.8. The largest absolute Gasteiger partial charge is 0.323 e. The van der Waals surface area contributed by atoms with Crippen LogP contribution in [0.4, 0.5) is 0 Å². The minimum Gasteiger partial charge on any atom is -0.306 e. The molecule has 0 atom stereocenters. The van der Waals surface area contributed by atoms with Crippen molar-refractivity contribution in [3.8, 4) is 0 Å². The Kier molecular flexibility index (Phi) is 3.55. The molecule has 4 rings (SSSR count). The van der Waals surface area contributed by atoms with Gasteiger partial charge in [-0.25, -0.2) is 13.2 Å². The van der Waals surface area contributed by atoms with E-state index in [4.69, 9.17) is 0 Å². The second kappa shape index (κ2) is 5.47. The number of aromatic nitrogens is 2. The fourth-order valence-electron chi connectivity index (χ4n) is 3.14. The Morgan fingerprint density at radius 3 is 2.43 bits per heavy atom. The fourth-order valence-corrected chi connectivity index (χ4v) is 4.59. The number of nitrogens with one attached hydrogen (secondary N) is 2. The van der Waals surface area contributed by atoms with E-state index in [2.05, 4.69) is 14.9 Å². The molecule has 1 saturated carbocycles. The van der Waals surface area contributed by atoms with E-state index in [1.54, 1.807) is 16.4 Å². The van der Waals surface area contributed by atoms with E-state index in [9.17, 15) is 13.2 Å².